The van der Waals surface area contributed by atoms with Gasteiger partial charge in [-0.05, 0) is 31.9 Å². The van der Waals surface area contributed by atoms with Gasteiger partial charge in [0.15, 0.2) is 0 Å². The van der Waals surface area contributed by atoms with Crippen LogP contribution in [-0.4, -0.2) is 29.3 Å². The summed E-state index contributed by atoms with van der Waals surface area (Å²) in [6, 6.07) is 10.6. The van der Waals surface area contributed by atoms with Gasteiger partial charge >= 0.3 is 0 Å². The Morgan fingerprint density at radius 3 is 3.09 bits per heavy atom. The molecule has 0 spiro atoms. The summed E-state index contributed by atoms with van der Waals surface area (Å²) in [4.78, 5) is 2.32. The number of nitrogens with one attached hydrogen (secondary N) is 2. The molecule has 1 fully saturated rings. The molecule has 3 rings (SSSR count). The van der Waals surface area contributed by atoms with Crippen LogP contribution < -0.4 is 10.2 Å². The van der Waals surface area contributed by atoms with E-state index in [2.05, 4.69) is 26.5 Å². The van der Waals surface area contributed by atoms with Crippen LogP contribution in [0.25, 0.3) is 0 Å². The molecule has 1 unspecified atom stereocenters. The summed E-state index contributed by atoms with van der Waals surface area (Å²) in [5, 5.41) is 19.9. The zero-order valence-corrected chi connectivity index (χ0v) is 12.8. The van der Waals surface area contributed by atoms with Crippen LogP contribution in [0.4, 0.5) is 5.69 Å². The van der Waals surface area contributed by atoms with E-state index < -0.39 is 0 Å². The van der Waals surface area contributed by atoms with Gasteiger partial charge in [0.2, 0.25) is 0 Å². The van der Waals surface area contributed by atoms with Crippen molar-refractivity contribution >= 4 is 5.69 Å². The van der Waals surface area contributed by atoms with E-state index >= 15 is 0 Å². The summed E-state index contributed by atoms with van der Waals surface area (Å²) in [7, 11) is 0. The first-order valence-electron chi connectivity index (χ1n) is 7.74. The molecule has 1 aliphatic heterocycles. The van der Waals surface area contributed by atoms with Crippen molar-refractivity contribution < 1.29 is 0 Å². The molecule has 5 nitrogen and oxygen atoms in total. The van der Waals surface area contributed by atoms with Crippen molar-refractivity contribution in [3.05, 3.63) is 47.3 Å². The number of hydrogen-bond donors (Lipinski definition) is 2. The van der Waals surface area contributed by atoms with Gasteiger partial charge in [0.1, 0.15) is 6.07 Å². The summed E-state index contributed by atoms with van der Waals surface area (Å²) in [5.41, 5.74) is 4.15. The van der Waals surface area contributed by atoms with E-state index in [0.717, 1.165) is 43.0 Å². The maximum atomic E-state index is 9.27. The van der Waals surface area contributed by atoms with E-state index in [4.69, 9.17) is 0 Å². The molecule has 1 aliphatic rings. The van der Waals surface area contributed by atoms with Gasteiger partial charge in [-0.2, -0.15) is 10.4 Å². The van der Waals surface area contributed by atoms with Crippen LogP contribution in [0.2, 0.25) is 0 Å². The maximum absolute atomic E-state index is 9.27. The highest BCUT2D eigenvalue weighted by Crippen LogP contribution is 2.23. The maximum Gasteiger partial charge on any atom is 0.101 e. The lowest BCUT2D eigenvalue weighted by atomic mass is 10.0. The summed E-state index contributed by atoms with van der Waals surface area (Å²) in [6.07, 6.45) is 4.19. The third-order valence-electron chi connectivity index (χ3n) is 4.30. The Balaban J connectivity index is 1.64. The highest BCUT2D eigenvalue weighted by atomic mass is 15.2. The van der Waals surface area contributed by atoms with E-state index in [9.17, 15) is 5.26 Å². The largest absolute Gasteiger partial charge is 0.369 e. The second-order valence-corrected chi connectivity index (χ2v) is 5.82. The fraction of sp³-hybridized carbons (Fsp3) is 0.412. The lowest BCUT2D eigenvalue weighted by Crippen LogP contribution is -2.45. The number of nitrogens with zero attached hydrogens (tertiary/aromatic N) is 3. The third kappa shape index (κ3) is 3.12. The minimum atomic E-state index is 0.440. The Morgan fingerprint density at radius 2 is 2.32 bits per heavy atom. The fourth-order valence-electron chi connectivity index (χ4n) is 3.01. The van der Waals surface area contributed by atoms with Crippen molar-refractivity contribution in [2.24, 2.45) is 0 Å². The number of hydrogen-bond acceptors (Lipinski definition) is 4. The first-order valence-corrected chi connectivity index (χ1v) is 7.74. The highest BCUT2D eigenvalue weighted by Gasteiger charge is 2.21. The molecule has 1 saturated heterocycles. The van der Waals surface area contributed by atoms with Crippen LogP contribution in [0.1, 0.15) is 29.7 Å². The van der Waals surface area contributed by atoms with E-state index in [1.165, 1.54) is 12.0 Å². The van der Waals surface area contributed by atoms with Gasteiger partial charge in [0.05, 0.1) is 17.4 Å². The summed E-state index contributed by atoms with van der Waals surface area (Å²) < 4.78 is 0. The van der Waals surface area contributed by atoms with Gasteiger partial charge in [0.25, 0.3) is 0 Å². The lowest BCUT2D eigenvalue weighted by Gasteiger charge is -2.35. The molecule has 22 heavy (non-hydrogen) atoms. The molecule has 1 atom stereocenters. The first kappa shape index (κ1) is 14.6. The van der Waals surface area contributed by atoms with E-state index in [-0.39, 0.29) is 0 Å². The Morgan fingerprint density at radius 1 is 1.45 bits per heavy atom. The number of nitriles is 1. The molecule has 0 bridgehead atoms. The Bertz CT molecular complexity index is 670. The third-order valence-corrected chi connectivity index (χ3v) is 4.30. The number of H-pyrrole nitrogens is 1. The van der Waals surface area contributed by atoms with Gasteiger partial charge in [-0.3, -0.25) is 5.10 Å². The van der Waals surface area contributed by atoms with Crippen molar-refractivity contribution in [3.63, 3.8) is 0 Å². The van der Waals surface area contributed by atoms with Crippen LogP contribution in [0.5, 0.6) is 0 Å². The van der Waals surface area contributed by atoms with Gasteiger partial charge in [-0.15, -0.1) is 0 Å². The van der Waals surface area contributed by atoms with Crippen molar-refractivity contribution in [1.82, 2.24) is 15.5 Å². The number of aromatic amines is 1. The van der Waals surface area contributed by atoms with Crippen molar-refractivity contribution in [1.29, 1.82) is 5.26 Å². The molecule has 2 N–H and O–H groups in total. The molecule has 0 saturated carbocycles. The number of para-hydroxylation sites is 1. The fourth-order valence-corrected chi connectivity index (χ4v) is 3.01. The molecular formula is C17H21N5. The number of piperidine rings is 1. The quantitative estimate of drug-likeness (QED) is 0.908. The van der Waals surface area contributed by atoms with Crippen molar-refractivity contribution in [2.75, 3.05) is 18.0 Å². The minimum Gasteiger partial charge on any atom is -0.369 e. The van der Waals surface area contributed by atoms with E-state index in [1.54, 1.807) is 0 Å². The van der Waals surface area contributed by atoms with Crippen LogP contribution in [0.3, 0.4) is 0 Å². The SMILES string of the molecule is Cc1[nH]ncc1CNC1CCCN(c2ccccc2C#N)C1. The Kier molecular flexibility index (Phi) is 4.40. The number of benzene rings is 1. The predicted octanol–water partition coefficient (Wildman–Crippen LogP) is 2.35. The molecule has 2 aromatic rings. The predicted molar refractivity (Wildman–Crippen MR) is 86.6 cm³/mol. The second-order valence-electron chi connectivity index (χ2n) is 5.82. The average molecular weight is 295 g/mol. The van der Waals surface area contributed by atoms with Crippen LogP contribution in [-0.2, 0) is 6.54 Å². The van der Waals surface area contributed by atoms with Gasteiger partial charge < -0.3 is 10.2 Å². The molecule has 1 aromatic heterocycles. The van der Waals surface area contributed by atoms with E-state index in [0.29, 0.717) is 6.04 Å². The van der Waals surface area contributed by atoms with Gasteiger partial charge in [-0.1, -0.05) is 12.1 Å². The molecule has 5 heteroatoms. The Labute approximate surface area is 131 Å². The average Bonchev–Trinajstić information content (AvgIpc) is 2.98. The monoisotopic (exact) mass is 295 g/mol. The van der Waals surface area contributed by atoms with Gasteiger partial charge in [0, 0.05) is 36.9 Å². The van der Waals surface area contributed by atoms with Crippen molar-refractivity contribution in [2.45, 2.75) is 32.4 Å². The first-order chi connectivity index (χ1) is 10.8. The molecule has 0 amide bonds. The zero-order chi connectivity index (χ0) is 15.4. The standard InChI is InChI=1S/C17H21N5/c1-13-15(11-20-21-13)10-19-16-6-4-8-22(12-16)17-7-3-2-5-14(17)9-18/h2-3,5,7,11,16,19H,4,6,8,10,12H2,1H3,(H,20,21). The van der Waals surface area contributed by atoms with Gasteiger partial charge in [-0.25, -0.2) is 0 Å². The number of rotatable bonds is 4. The minimum absolute atomic E-state index is 0.440. The van der Waals surface area contributed by atoms with E-state index in [1.807, 2.05) is 37.4 Å². The normalized spacial score (nSPS) is 18.2. The second kappa shape index (κ2) is 6.63. The van der Waals surface area contributed by atoms with Crippen LogP contribution >= 0.6 is 0 Å². The lowest BCUT2D eigenvalue weighted by molar-refractivity contribution is 0.421. The van der Waals surface area contributed by atoms with Crippen molar-refractivity contribution in [3.8, 4) is 6.07 Å². The Hall–Kier alpha value is -2.32. The molecular weight excluding hydrogens is 274 g/mol. The molecule has 1 aromatic carbocycles. The molecule has 114 valence electrons. The number of aromatic nitrogens is 2. The van der Waals surface area contributed by atoms with Crippen LogP contribution in [0.15, 0.2) is 30.5 Å². The number of aryl methyl sites for hydroxylation is 1. The highest BCUT2D eigenvalue weighted by molar-refractivity contribution is 5.59. The smallest absolute Gasteiger partial charge is 0.101 e. The molecule has 0 aliphatic carbocycles. The molecule has 0 radical (unpaired) electrons. The molecule has 2 heterocycles. The number of anilines is 1. The zero-order valence-electron chi connectivity index (χ0n) is 12.8. The summed E-state index contributed by atoms with van der Waals surface area (Å²) in [6.45, 7) is 4.83. The summed E-state index contributed by atoms with van der Waals surface area (Å²) >= 11 is 0. The topological polar surface area (TPSA) is 67.7 Å². The van der Waals surface area contributed by atoms with Crippen LogP contribution in [0, 0.1) is 18.3 Å². The summed E-state index contributed by atoms with van der Waals surface area (Å²) in [5.74, 6) is 0.